The van der Waals surface area contributed by atoms with Crippen LogP contribution in [0.2, 0.25) is 5.02 Å². The van der Waals surface area contributed by atoms with E-state index in [-0.39, 0.29) is 18.5 Å². The van der Waals surface area contributed by atoms with E-state index in [1.54, 1.807) is 39.5 Å². The average molecular weight is 405 g/mol. The SMILES string of the molecule is COc1ccc(OC)c([C@@H]2CCCN2CC(=O)Nc2ccc(OC)c(Cl)c2)c1. The fraction of sp³-hybridized carbons (Fsp3) is 0.381. The monoisotopic (exact) mass is 404 g/mol. The highest BCUT2D eigenvalue weighted by Gasteiger charge is 2.30. The van der Waals surface area contributed by atoms with Crippen molar-refractivity contribution in [1.29, 1.82) is 0 Å². The summed E-state index contributed by atoms with van der Waals surface area (Å²) in [7, 11) is 4.86. The number of ether oxygens (including phenoxy) is 3. The number of carbonyl (C=O) groups is 1. The Morgan fingerprint density at radius 1 is 1.11 bits per heavy atom. The number of methoxy groups -OCH3 is 3. The minimum atomic E-state index is -0.0880. The zero-order valence-electron chi connectivity index (χ0n) is 16.3. The number of anilines is 1. The van der Waals surface area contributed by atoms with E-state index in [2.05, 4.69) is 10.2 Å². The lowest BCUT2D eigenvalue weighted by atomic mass is 10.0. The number of rotatable bonds is 7. The molecule has 2 aromatic rings. The first-order valence-corrected chi connectivity index (χ1v) is 9.53. The number of benzene rings is 2. The molecule has 0 saturated carbocycles. The summed E-state index contributed by atoms with van der Waals surface area (Å²) >= 11 is 6.14. The van der Waals surface area contributed by atoms with Crippen LogP contribution >= 0.6 is 11.6 Å². The van der Waals surface area contributed by atoms with E-state index in [1.807, 2.05) is 18.2 Å². The molecule has 3 rings (SSSR count). The van der Waals surface area contributed by atoms with Gasteiger partial charge in [0.25, 0.3) is 0 Å². The van der Waals surface area contributed by atoms with E-state index < -0.39 is 0 Å². The smallest absolute Gasteiger partial charge is 0.238 e. The van der Waals surface area contributed by atoms with Crippen LogP contribution in [0.5, 0.6) is 17.2 Å². The van der Waals surface area contributed by atoms with Crippen molar-refractivity contribution in [1.82, 2.24) is 4.90 Å². The van der Waals surface area contributed by atoms with Gasteiger partial charge in [-0.1, -0.05) is 11.6 Å². The quantitative estimate of drug-likeness (QED) is 0.751. The van der Waals surface area contributed by atoms with Gasteiger partial charge in [-0.15, -0.1) is 0 Å². The van der Waals surface area contributed by atoms with Crippen LogP contribution in [-0.2, 0) is 4.79 Å². The van der Waals surface area contributed by atoms with Gasteiger partial charge in [0, 0.05) is 17.3 Å². The minimum absolute atomic E-state index is 0.0880. The third kappa shape index (κ3) is 4.51. The number of likely N-dealkylation sites (tertiary alicyclic amines) is 1. The largest absolute Gasteiger partial charge is 0.497 e. The number of amides is 1. The van der Waals surface area contributed by atoms with E-state index in [1.165, 1.54) is 0 Å². The molecule has 1 atom stereocenters. The molecular formula is C21H25ClN2O4. The molecule has 0 aliphatic carbocycles. The van der Waals surface area contributed by atoms with Gasteiger partial charge in [-0.05, 0) is 55.8 Å². The van der Waals surface area contributed by atoms with E-state index in [0.29, 0.717) is 16.5 Å². The summed E-state index contributed by atoms with van der Waals surface area (Å²) in [6.07, 6.45) is 1.98. The van der Waals surface area contributed by atoms with Gasteiger partial charge in [-0.2, -0.15) is 0 Å². The first-order valence-electron chi connectivity index (χ1n) is 9.15. The van der Waals surface area contributed by atoms with E-state index in [4.69, 9.17) is 25.8 Å². The number of carbonyl (C=O) groups excluding carboxylic acids is 1. The molecule has 28 heavy (non-hydrogen) atoms. The predicted molar refractivity (Wildman–Crippen MR) is 110 cm³/mol. The molecule has 2 aromatic carbocycles. The molecule has 1 aliphatic heterocycles. The minimum Gasteiger partial charge on any atom is -0.497 e. The molecule has 1 saturated heterocycles. The highest BCUT2D eigenvalue weighted by atomic mass is 35.5. The molecule has 0 spiro atoms. The summed E-state index contributed by atoms with van der Waals surface area (Å²) in [6, 6.07) is 11.1. The van der Waals surface area contributed by atoms with Gasteiger partial charge in [0.1, 0.15) is 17.2 Å². The van der Waals surface area contributed by atoms with Gasteiger partial charge in [0.05, 0.1) is 32.9 Å². The Kier molecular flexibility index (Phi) is 6.65. The fourth-order valence-electron chi connectivity index (χ4n) is 3.60. The molecule has 1 amide bonds. The molecule has 0 unspecified atom stereocenters. The normalized spacial score (nSPS) is 16.6. The predicted octanol–water partition coefficient (Wildman–Crippen LogP) is 4.14. The average Bonchev–Trinajstić information content (AvgIpc) is 3.15. The van der Waals surface area contributed by atoms with Gasteiger partial charge in [0.15, 0.2) is 0 Å². The van der Waals surface area contributed by atoms with Crippen LogP contribution in [0.3, 0.4) is 0 Å². The summed E-state index contributed by atoms with van der Waals surface area (Å²) < 4.78 is 16.0. The lowest BCUT2D eigenvalue weighted by Crippen LogP contribution is -2.33. The Morgan fingerprint density at radius 2 is 1.86 bits per heavy atom. The van der Waals surface area contributed by atoms with Crippen LogP contribution in [-0.4, -0.2) is 45.2 Å². The molecular weight excluding hydrogens is 380 g/mol. The maximum atomic E-state index is 12.6. The van der Waals surface area contributed by atoms with Crippen LogP contribution in [0.1, 0.15) is 24.4 Å². The van der Waals surface area contributed by atoms with Gasteiger partial charge >= 0.3 is 0 Å². The van der Waals surface area contributed by atoms with Gasteiger partial charge < -0.3 is 19.5 Å². The summed E-state index contributed by atoms with van der Waals surface area (Å²) in [4.78, 5) is 14.8. The summed E-state index contributed by atoms with van der Waals surface area (Å²) in [5.41, 5.74) is 1.69. The van der Waals surface area contributed by atoms with Gasteiger partial charge in [-0.3, -0.25) is 9.69 Å². The van der Waals surface area contributed by atoms with Crippen LogP contribution in [0.15, 0.2) is 36.4 Å². The van der Waals surface area contributed by atoms with Crippen LogP contribution < -0.4 is 19.5 Å². The Bertz CT molecular complexity index is 843. The van der Waals surface area contributed by atoms with E-state index >= 15 is 0 Å². The summed E-state index contributed by atoms with van der Waals surface area (Å²) in [5.74, 6) is 2.07. The number of nitrogens with one attached hydrogen (secondary N) is 1. The standard InChI is InChI=1S/C21H25ClN2O4/c1-26-15-7-9-19(27-2)16(12-15)18-5-4-10-24(18)13-21(25)23-14-6-8-20(28-3)17(22)11-14/h6-9,11-12,18H,4-5,10,13H2,1-3H3,(H,23,25)/t18-/m0/s1. The van der Waals surface area contributed by atoms with Crippen molar-refractivity contribution < 1.29 is 19.0 Å². The zero-order chi connectivity index (χ0) is 20.1. The molecule has 1 aliphatic rings. The number of hydrogen-bond acceptors (Lipinski definition) is 5. The van der Waals surface area contributed by atoms with E-state index in [0.717, 1.165) is 36.4 Å². The highest BCUT2D eigenvalue weighted by molar-refractivity contribution is 6.32. The lowest BCUT2D eigenvalue weighted by molar-refractivity contribution is -0.117. The second kappa shape index (κ2) is 9.17. The van der Waals surface area contributed by atoms with Crippen molar-refractivity contribution in [3.63, 3.8) is 0 Å². The van der Waals surface area contributed by atoms with Crippen molar-refractivity contribution in [2.24, 2.45) is 0 Å². The fourth-order valence-corrected chi connectivity index (χ4v) is 3.85. The maximum absolute atomic E-state index is 12.6. The molecule has 0 bridgehead atoms. The van der Waals surface area contributed by atoms with Crippen molar-refractivity contribution in [2.45, 2.75) is 18.9 Å². The molecule has 0 aromatic heterocycles. The zero-order valence-corrected chi connectivity index (χ0v) is 17.1. The van der Waals surface area contributed by atoms with Crippen molar-refractivity contribution in [3.8, 4) is 17.2 Å². The number of hydrogen-bond donors (Lipinski definition) is 1. The van der Waals surface area contributed by atoms with Crippen molar-refractivity contribution in [3.05, 3.63) is 47.0 Å². The molecule has 1 N–H and O–H groups in total. The first kappa shape index (κ1) is 20.3. The molecule has 1 heterocycles. The molecule has 0 radical (unpaired) electrons. The second-order valence-corrected chi connectivity index (χ2v) is 7.04. The Labute approximate surface area is 170 Å². The third-order valence-corrected chi connectivity index (χ3v) is 5.24. The van der Waals surface area contributed by atoms with Crippen molar-refractivity contribution in [2.75, 3.05) is 39.7 Å². The van der Waals surface area contributed by atoms with Crippen molar-refractivity contribution >= 4 is 23.2 Å². The maximum Gasteiger partial charge on any atom is 0.238 e. The summed E-state index contributed by atoms with van der Waals surface area (Å²) in [5, 5.41) is 3.37. The van der Waals surface area contributed by atoms with E-state index in [9.17, 15) is 4.79 Å². The lowest BCUT2D eigenvalue weighted by Gasteiger charge is -2.26. The van der Waals surface area contributed by atoms with Crippen LogP contribution in [0.4, 0.5) is 5.69 Å². The molecule has 150 valence electrons. The topological polar surface area (TPSA) is 60.0 Å². The van der Waals surface area contributed by atoms with Crippen LogP contribution in [0.25, 0.3) is 0 Å². The summed E-state index contributed by atoms with van der Waals surface area (Å²) in [6.45, 7) is 1.14. The molecule has 7 heteroatoms. The second-order valence-electron chi connectivity index (χ2n) is 6.63. The third-order valence-electron chi connectivity index (χ3n) is 4.94. The Morgan fingerprint density at radius 3 is 2.54 bits per heavy atom. The molecule has 6 nitrogen and oxygen atoms in total. The Hall–Kier alpha value is -2.44. The first-order chi connectivity index (χ1) is 13.5. The van der Waals surface area contributed by atoms with Gasteiger partial charge in [0.2, 0.25) is 5.91 Å². The Balaban J connectivity index is 1.71. The number of nitrogens with zero attached hydrogens (tertiary/aromatic N) is 1. The van der Waals surface area contributed by atoms with Crippen LogP contribution in [0, 0.1) is 0 Å². The van der Waals surface area contributed by atoms with Gasteiger partial charge in [-0.25, -0.2) is 0 Å². The molecule has 1 fully saturated rings. The number of halogens is 1. The highest BCUT2D eigenvalue weighted by Crippen LogP contribution is 2.38.